The molecule has 0 aliphatic heterocycles. The molecule has 0 aliphatic carbocycles. The van der Waals surface area contributed by atoms with Crippen molar-refractivity contribution in [1.29, 1.82) is 0 Å². The lowest BCUT2D eigenvalue weighted by atomic mass is 10.0. The summed E-state index contributed by atoms with van der Waals surface area (Å²) in [5.74, 6) is 0.649. The minimum atomic E-state index is 0.649. The SMILES string of the molecule is C/C(=C\CCI)CCCC(C)COCc1ccccc1. The third-order valence-corrected chi connectivity index (χ3v) is 4.01. The number of rotatable bonds is 10. The molecule has 0 N–H and O–H groups in total. The summed E-state index contributed by atoms with van der Waals surface area (Å²) in [4.78, 5) is 0. The van der Waals surface area contributed by atoms with E-state index >= 15 is 0 Å². The van der Waals surface area contributed by atoms with Crippen LogP contribution in [0.5, 0.6) is 0 Å². The molecular weight excluding hydrogens is 359 g/mol. The molecule has 1 aromatic rings. The minimum absolute atomic E-state index is 0.649. The Morgan fingerprint density at radius 2 is 2.05 bits per heavy atom. The average Bonchev–Trinajstić information content (AvgIpc) is 2.46. The topological polar surface area (TPSA) is 9.23 Å². The molecule has 1 rings (SSSR count). The van der Waals surface area contributed by atoms with Gasteiger partial charge in [-0.15, -0.1) is 0 Å². The van der Waals surface area contributed by atoms with Crippen molar-refractivity contribution in [2.45, 2.75) is 46.1 Å². The van der Waals surface area contributed by atoms with Crippen LogP contribution in [-0.2, 0) is 11.3 Å². The summed E-state index contributed by atoms with van der Waals surface area (Å²) in [6.45, 7) is 6.14. The van der Waals surface area contributed by atoms with E-state index < -0.39 is 0 Å². The van der Waals surface area contributed by atoms with Crippen LogP contribution in [0, 0.1) is 5.92 Å². The van der Waals surface area contributed by atoms with Crippen LogP contribution in [-0.4, -0.2) is 11.0 Å². The van der Waals surface area contributed by atoms with Crippen molar-refractivity contribution in [3.8, 4) is 0 Å². The molecule has 0 spiro atoms. The van der Waals surface area contributed by atoms with Crippen molar-refractivity contribution >= 4 is 22.6 Å². The number of halogens is 1. The predicted octanol–water partition coefficient (Wildman–Crippen LogP) is 5.78. The zero-order valence-corrected chi connectivity index (χ0v) is 14.9. The molecule has 0 saturated heterocycles. The van der Waals surface area contributed by atoms with Crippen LogP contribution < -0.4 is 0 Å². The number of alkyl halides is 1. The van der Waals surface area contributed by atoms with Crippen molar-refractivity contribution in [1.82, 2.24) is 0 Å². The first-order chi connectivity index (χ1) is 9.72. The maximum atomic E-state index is 5.79. The highest BCUT2D eigenvalue weighted by molar-refractivity contribution is 14.1. The third-order valence-electron chi connectivity index (χ3n) is 3.38. The van der Waals surface area contributed by atoms with Gasteiger partial charge in [0.25, 0.3) is 0 Å². The van der Waals surface area contributed by atoms with Crippen LogP contribution in [0.3, 0.4) is 0 Å². The Hall–Kier alpha value is -0.350. The van der Waals surface area contributed by atoms with E-state index in [-0.39, 0.29) is 0 Å². The molecule has 0 amide bonds. The molecule has 1 atom stereocenters. The summed E-state index contributed by atoms with van der Waals surface area (Å²) >= 11 is 2.43. The summed E-state index contributed by atoms with van der Waals surface area (Å²) in [6, 6.07) is 10.4. The second kappa shape index (κ2) is 11.3. The van der Waals surface area contributed by atoms with E-state index in [0.29, 0.717) is 5.92 Å². The average molecular weight is 386 g/mol. The molecule has 0 aliphatic rings. The Bertz CT molecular complexity index is 372. The Morgan fingerprint density at radius 3 is 2.75 bits per heavy atom. The molecule has 0 bridgehead atoms. The second-order valence-corrected chi connectivity index (χ2v) is 6.61. The molecule has 1 nitrogen and oxygen atoms in total. The van der Waals surface area contributed by atoms with Crippen LogP contribution in [0.25, 0.3) is 0 Å². The number of hydrogen-bond acceptors (Lipinski definition) is 1. The predicted molar refractivity (Wildman–Crippen MR) is 96.4 cm³/mol. The van der Waals surface area contributed by atoms with Gasteiger partial charge in [0.2, 0.25) is 0 Å². The lowest BCUT2D eigenvalue weighted by Crippen LogP contribution is -2.06. The first-order valence-electron chi connectivity index (χ1n) is 7.55. The van der Waals surface area contributed by atoms with E-state index in [1.54, 1.807) is 5.57 Å². The maximum absolute atomic E-state index is 5.79. The second-order valence-electron chi connectivity index (χ2n) is 5.53. The van der Waals surface area contributed by atoms with E-state index in [9.17, 15) is 0 Å². The van der Waals surface area contributed by atoms with Gasteiger partial charge in [0.05, 0.1) is 6.61 Å². The van der Waals surface area contributed by atoms with E-state index in [1.165, 1.54) is 35.7 Å². The van der Waals surface area contributed by atoms with Gasteiger partial charge < -0.3 is 4.74 Å². The monoisotopic (exact) mass is 386 g/mol. The van der Waals surface area contributed by atoms with Gasteiger partial charge in [-0.25, -0.2) is 0 Å². The van der Waals surface area contributed by atoms with Gasteiger partial charge in [0, 0.05) is 11.0 Å². The number of hydrogen-bond donors (Lipinski definition) is 0. The van der Waals surface area contributed by atoms with Gasteiger partial charge >= 0.3 is 0 Å². The Morgan fingerprint density at radius 1 is 1.30 bits per heavy atom. The Balaban J connectivity index is 2.07. The highest BCUT2D eigenvalue weighted by Crippen LogP contribution is 2.14. The summed E-state index contributed by atoms with van der Waals surface area (Å²) in [5.41, 5.74) is 2.80. The van der Waals surface area contributed by atoms with Gasteiger partial charge in [0.1, 0.15) is 0 Å². The van der Waals surface area contributed by atoms with E-state index in [4.69, 9.17) is 4.74 Å². The van der Waals surface area contributed by atoms with Crippen molar-refractivity contribution in [2.75, 3.05) is 11.0 Å². The zero-order chi connectivity index (χ0) is 14.6. The van der Waals surface area contributed by atoms with Crippen LogP contribution in [0.4, 0.5) is 0 Å². The third kappa shape index (κ3) is 8.75. The highest BCUT2D eigenvalue weighted by atomic mass is 127. The number of allylic oxidation sites excluding steroid dienone is 2. The molecule has 0 fully saturated rings. The lowest BCUT2D eigenvalue weighted by Gasteiger charge is -2.12. The summed E-state index contributed by atoms with van der Waals surface area (Å²) in [5, 5.41) is 0. The molecule has 0 radical (unpaired) electrons. The van der Waals surface area contributed by atoms with Crippen molar-refractivity contribution in [3.05, 3.63) is 47.5 Å². The number of benzene rings is 1. The fraction of sp³-hybridized carbons (Fsp3) is 0.556. The molecule has 112 valence electrons. The van der Waals surface area contributed by atoms with Crippen LogP contribution in [0.2, 0.25) is 0 Å². The highest BCUT2D eigenvalue weighted by Gasteiger charge is 2.03. The summed E-state index contributed by atoms with van der Waals surface area (Å²) in [6.07, 6.45) is 7.36. The largest absolute Gasteiger partial charge is 0.376 e. The zero-order valence-electron chi connectivity index (χ0n) is 12.8. The molecule has 1 unspecified atom stereocenters. The molecule has 0 aromatic heterocycles. The van der Waals surface area contributed by atoms with Crippen molar-refractivity contribution in [2.24, 2.45) is 5.92 Å². The molecule has 20 heavy (non-hydrogen) atoms. The van der Waals surface area contributed by atoms with Gasteiger partial charge in [-0.05, 0) is 44.1 Å². The van der Waals surface area contributed by atoms with E-state index in [1.807, 2.05) is 6.07 Å². The first kappa shape index (κ1) is 17.7. The van der Waals surface area contributed by atoms with Crippen molar-refractivity contribution in [3.63, 3.8) is 0 Å². The molecule has 1 aromatic carbocycles. The first-order valence-corrected chi connectivity index (χ1v) is 9.08. The minimum Gasteiger partial charge on any atom is -0.376 e. The van der Waals surface area contributed by atoms with Crippen LogP contribution >= 0.6 is 22.6 Å². The standard InChI is InChI=1S/C18H27IO/c1-16(10-7-13-19)8-6-9-17(2)14-20-15-18-11-4-3-5-12-18/h3-5,10-12,17H,6-9,13-15H2,1-2H3/b16-10+. The van der Waals surface area contributed by atoms with Gasteiger partial charge in [-0.3, -0.25) is 0 Å². The molecule has 0 saturated carbocycles. The van der Waals surface area contributed by atoms with Crippen LogP contribution in [0.15, 0.2) is 42.0 Å². The molecule has 0 heterocycles. The smallest absolute Gasteiger partial charge is 0.0717 e. The number of ether oxygens (including phenoxy) is 1. The fourth-order valence-electron chi connectivity index (χ4n) is 2.17. The Kier molecular flexibility index (Phi) is 10.0. The lowest BCUT2D eigenvalue weighted by molar-refractivity contribution is 0.0889. The quantitative estimate of drug-likeness (QED) is 0.281. The summed E-state index contributed by atoms with van der Waals surface area (Å²) in [7, 11) is 0. The normalized spacial score (nSPS) is 13.4. The summed E-state index contributed by atoms with van der Waals surface area (Å²) < 4.78 is 7.01. The van der Waals surface area contributed by atoms with Crippen LogP contribution in [0.1, 0.15) is 45.1 Å². The van der Waals surface area contributed by atoms with Gasteiger partial charge in [-0.1, -0.05) is 71.5 Å². The molecule has 2 heteroatoms. The maximum Gasteiger partial charge on any atom is 0.0717 e. The molecular formula is C18H27IO. The Labute approximate surface area is 137 Å². The van der Waals surface area contributed by atoms with Gasteiger partial charge in [-0.2, -0.15) is 0 Å². The van der Waals surface area contributed by atoms with E-state index in [2.05, 4.69) is 66.8 Å². The van der Waals surface area contributed by atoms with Crippen molar-refractivity contribution < 1.29 is 4.74 Å². The van der Waals surface area contributed by atoms with E-state index in [0.717, 1.165) is 13.2 Å². The fourth-order valence-corrected chi connectivity index (χ4v) is 2.48. The van der Waals surface area contributed by atoms with Gasteiger partial charge in [0.15, 0.2) is 0 Å².